The summed E-state index contributed by atoms with van der Waals surface area (Å²) in [5, 5.41) is 0. The van der Waals surface area contributed by atoms with Crippen LogP contribution in [0.25, 0.3) is 0 Å². The van der Waals surface area contributed by atoms with Gasteiger partial charge in [-0.1, -0.05) is 0 Å². The van der Waals surface area contributed by atoms with E-state index in [0.717, 1.165) is 0 Å². The molecule has 0 saturated heterocycles. The van der Waals surface area contributed by atoms with E-state index < -0.39 is 8.25 Å². The van der Waals surface area contributed by atoms with Gasteiger partial charge in [0.2, 0.25) is 0 Å². The van der Waals surface area contributed by atoms with Crippen molar-refractivity contribution in [1.82, 2.24) is 0 Å². The lowest BCUT2D eigenvalue weighted by Crippen LogP contribution is -1.74. The molecule has 3 nitrogen and oxygen atoms in total. The molecular formula is C2H5ClO3P+. The summed E-state index contributed by atoms with van der Waals surface area (Å²) in [5.41, 5.74) is 0. The first-order valence-corrected chi connectivity index (χ1v) is 3.10. The second-order valence-corrected chi connectivity index (χ2v) is 1.97. The van der Waals surface area contributed by atoms with Crippen molar-refractivity contribution in [1.29, 1.82) is 0 Å². The predicted molar refractivity (Wildman–Crippen MR) is 26.2 cm³/mol. The molecule has 0 saturated carbocycles. The number of hydrogen-bond donors (Lipinski definition) is 0. The predicted octanol–water partition coefficient (Wildman–Crippen LogP) is 1.85. The summed E-state index contributed by atoms with van der Waals surface area (Å²) in [6, 6.07) is 0. The van der Waals surface area contributed by atoms with Gasteiger partial charge < -0.3 is 0 Å². The Morgan fingerprint density at radius 3 is 2.57 bits per heavy atom. The Morgan fingerprint density at radius 2 is 2.43 bits per heavy atom. The van der Waals surface area contributed by atoms with Crippen molar-refractivity contribution in [3.8, 4) is 0 Å². The van der Waals surface area contributed by atoms with Crippen LogP contribution in [0.1, 0.15) is 6.92 Å². The summed E-state index contributed by atoms with van der Waals surface area (Å²) in [6.45, 7) is 2.05. The second-order valence-electron chi connectivity index (χ2n) is 0.710. The third kappa shape index (κ3) is 4.16. The van der Waals surface area contributed by atoms with Gasteiger partial charge in [0.1, 0.15) is 18.5 Å². The van der Waals surface area contributed by atoms with Crippen molar-refractivity contribution in [2.75, 3.05) is 6.61 Å². The van der Waals surface area contributed by atoms with Gasteiger partial charge in [0.25, 0.3) is 0 Å². The SMILES string of the molecule is CCO[P+](=O)OCl. The lowest BCUT2D eigenvalue weighted by atomic mass is 10.9. The van der Waals surface area contributed by atoms with Gasteiger partial charge in [0.15, 0.2) is 0 Å². The average molecular weight is 143 g/mol. The lowest BCUT2D eigenvalue weighted by Gasteiger charge is -1.71. The maximum Gasteiger partial charge on any atom is 0.716 e. The van der Waals surface area contributed by atoms with Crippen LogP contribution in [0.4, 0.5) is 0 Å². The smallest absolute Gasteiger partial charge is 0.118 e. The summed E-state index contributed by atoms with van der Waals surface area (Å²) in [5.74, 6) is 0. The van der Waals surface area contributed by atoms with Crippen molar-refractivity contribution in [2.24, 2.45) is 0 Å². The van der Waals surface area contributed by atoms with E-state index in [-0.39, 0.29) is 0 Å². The van der Waals surface area contributed by atoms with Crippen LogP contribution in [0.2, 0.25) is 0 Å². The molecule has 0 aromatic rings. The van der Waals surface area contributed by atoms with Crippen molar-refractivity contribution in [3.63, 3.8) is 0 Å². The molecule has 0 rings (SSSR count). The van der Waals surface area contributed by atoms with E-state index in [0.29, 0.717) is 6.61 Å². The third-order valence-electron chi connectivity index (χ3n) is 0.291. The Kier molecular flexibility index (Phi) is 4.67. The Labute approximate surface area is 47.7 Å². The standard InChI is InChI=1S/C2H5ClO3P/c1-2-5-7(4)6-3/h2H2,1H3/q+1. The molecule has 7 heavy (non-hydrogen) atoms. The topological polar surface area (TPSA) is 35.5 Å². The van der Waals surface area contributed by atoms with Gasteiger partial charge in [-0.05, 0) is 11.0 Å². The van der Waals surface area contributed by atoms with Gasteiger partial charge in [-0.3, -0.25) is 0 Å². The maximum absolute atomic E-state index is 9.98. The molecular weight excluding hydrogens is 138 g/mol. The first-order valence-electron chi connectivity index (χ1n) is 1.70. The highest BCUT2D eigenvalue weighted by molar-refractivity contribution is 7.34. The van der Waals surface area contributed by atoms with Crippen LogP contribution in [0.5, 0.6) is 0 Å². The van der Waals surface area contributed by atoms with Crippen molar-refractivity contribution >= 4 is 20.1 Å². The van der Waals surface area contributed by atoms with Crippen molar-refractivity contribution < 1.29 is 13.2 Å². The molecule has 0 aliphatic rings. The van der Waals surface area contributed by atoms with E-state index in [2.05, 4.69) is 20.5 Å². The van der Waals surface area contributed by atoms with Crippen LogP contribution < -0.4 is 0 Å². The number of hydrogen-bond acceptors (Lipinski definition) is 3. The van der Waals surface area contributed by atoms with Gasteiger partial charge in [-0.25, -0.2) is 0 Å². The molecule has 0 aliphatic heterocycles. The Bertz CT molecular complexity index is 66.0. The maximum atomic E-state index is 9.98. The Balaban J connectivity index is 3.00. The van der Waals surface area contributed by atoms with Gasteiger partial charge in [-0.2, -0.15) is 0 Å². The molecule has 0 amide bonds. The lowest BCUT2D eigenvalue weighted by molar-refractivity contribution is 0.308. The van der Waals surface area contributed by atoms with Crippen LogP contribution in [-0.2, 0) is 13.2 Å². The van der Waals surface area contributed by atoms with E-state index in [1.807, 2.05) is 0 Å². The second kappa shape index (κ2) is 4.47. The highest BCUT2D eigenvalue weighted by Crippen LogP contribution is 2.24. The Hall–Kier alpha value is 0.310. The van der Waals surface area contributed by atoms with E-state index in [1.54, 1.807) is 6.92 Å². The summed E-state index contributed by atoms with van der Waals surface area (Å²) in [7, 11) is -2.06. The molecule has 5 heteroatoms. The summed E-state index contributed by atoms with van der Waals surface area (Å²) in [6.07, 6.45) is 0. The molecule has 0 aromatic carbocycles. The van der Waals surface area contributed by atoms with Gasteiger partial charge >= 0.3 is 8.25 Å². The molecule has 1 unspecified atom stereocenters. The zero-order valence-corrected chi connectivity index (χ0v) is 5.41. The number of halogens is 1. The zero-order valence-electron chi connectivity index (χ0n) is 3.76. The monoisotopic (exact) mass is 143 g/mol. The minimum absolute atomic E-state index is 0.349. The molecule has 0 fully saturated rings. The van der Waals surface area contributed by atoms with Crippen LogP contribution in [0.15, 0.2) is 0 Å². The first-order chi connectivity index (χ1) is 3.31. The van der Waals surface area contributed by atoms with Crippen LogP contribution in [0.3, 0.4) is 0 Å². The molecule has 0 spiro atoms. The van der Waals surface area contributed by atoms with Crippen molar-refractivity contribution in [2.45, 2.75) is 6.92 Å². The minimum atomic E-state index is -2.06. The minimum Gasteiger partial charge on any atom is -0.118 e. The summed E-state index contributed by atoms with van der Waals surface area (Å²) >= 11 is 4.62. The largest absolute Gasteiger partial charge is 0.716 e. The molecule has 0 N–H and O–H groups in total. The van der Waals surface area contributed by atoms with Gasteiger partial charge in [0, 0.05) is 4.57 Å². The van der Waals surface area contributed by atoms with Gasteiger partial charge in [-0.15, -0.1) is 4.52 Å². The van der Waals surface area contributed by atoms with Crippen LogP contribution >= 0.6 is 20.1 Å². The average Bonchev–Trinajstić information content (AvgIpc) is 1.68. The molecule has 0 radical (unpaired) electrons. The fourth-order valence-corrected chi connectivity index (χ4v) is 0.496. The van der Waals surface area contributed by atoms with Crippen molar-refractivity contribution in [3.05, 3.63) is 0 Å². The van der Waals surface area contributed by atoms with E-state index in [4.69, 9.17) is 0 Å². The molecule has 1 atom stereocenters. The quantitative estimate of drug-likeness (QED) is 0.566. The first kappa shape index (κ1) is 7.31. The van der Waals surface area contributed by atoms with Gasteiger partial charge in [0.05, 0.1) is 0 Å². The fourth-order valence-electron chi connectivity index (χ4n) is 0.125. The highest BCUT2D eigenvalue weighted by atomic mass is 35.5. The van der Waals surface area contributed by atoms with Crippen LogP contribution in [-0.4, -0.2) is 6.61 Å². The van der Waals surface area contributed by atoms with Crippen LogP contribution in [0, 0.1) is 0 Å². The highest BCUT2D eigenvalue weighted by Gasteiger charge is 2.16. The zero-order chi connectivity index (χ0) is 5.70. The van der Waals surface area contributed by atoms with E-state index >= 15 is 0 Å². The number of rotatable bonds is 3. The molecule has 42 valence electrons. The van der Waals surface area contributed by atoms with E-state index in [1.165, 1.54) is 0 Å². The normalized spacial score (nSPS) is 11.4. The molecule has 0 aliphatic carbocycles. The fraction of sp³-hybridized carbons (Fsp3) is 1.00. The Morgan fingerprint density at radius 1 is 1.86 bits per heavy atom. The van der Waals surface area contributed by atoms with E-state index in [9.17, 15) is 4.57 Å². The summed E-state index contributed by atoms with van der Waals surface area (Å²) in [4.78, 5) is 0. The third-order valence-corrected chi connectivity index (χ3v) is 1.21. The molecule has 0 bridgehead atoms. The summed E-state index contributed by atoms with van der Waals surface area (Å²) < 4.78 is 18.1. The molecule has 0 heterocycles. The molecule has 0 aromatic heterocycles.